The molecule has 2 rings (SSSR count). The maximum atomic E-state index is 10.1. The van der Waals surface area contributed by atoms with Crippen molar-refractivity contribution in [2.24, 2.45) is 0 Å². The number of allylic oxidation sites excluding steroid dienone is 1. The Hall–Kier alpha value is -1.67. The van der Waals surface area contributed by atoms with Gasteiger partial charge in [-0.25, -0.2) is 0 Å². The smallest absolute Gasteiger partial charge is 0.0960 e. The molecule has 0 fully saturated rings. The number of unbranched alkanes of at least 4 members (excludes halogenated alkanes) is 1. The van der Waals surface area contributed by atoms with Crippen LogP contribution in [0.1, 0.15) is 36.6 Å². The van der Waals surface area contributed by atoms with E-state index in [9.17, 15) is 5.11 Å². The van der Waals surface area contributed by atoms with Crippen molar-refractivity contribution in [2.45, 2.75) is 32.3 Å². The van der Waals surface area contributed by atoms with E-state index in [-0.39, 0.29) is 0 Å². The van der Waals surface area contributed by atoms with Crippen molar-refractivity contribution < 1.29 is 5.11 Å². The van der Waals surface area contributed by atoms with E-state index in [1.54, 1.807) is 0 Å². The highest BCUT2D eigenvalue weighted by molar-refractivity contribution is 5.82. The number of aryl methyl sites for hydroxylation is 1. The van der Waals surface area contributed by atoms with Crippen LogP contribution < -0.4 is 0 Å². The van der Waals surface area contributed by atoms with E-state index in [2.05, 4.69) is 24.6 Å². The molecule has 2 nitrogen and oxygen atoms in total. The summed E-state index contributed by atoms with van der Waals surface area (Å²) in [6.45, 7) is 5.75. The number of aliphatic hydroxyl groups excluding tert-OH is 1. The summed E-state index contributed by atoms with van der Waals surface area (Å²) >= 11 is 0. The Morgan fingerprint density at radius 2 is 2.17 bits per heavy atom. The standard InChI is InChI=1S/C16H19NO/c1-3-4-5-10-16(18)15-11-12(2)13-8-6-7-9-14(13)17-15/h3,6-9,11,16,18H,1,4-5,10H2,2H3. The zero-order chi connectivity index (χ0) is 13.0. The number of para-hydroxylation sites is 1. The average Bonchev–Trinajstić information content (AvgIpc) is 2.39. The number of benzene rings is 1. The molecule has 0 saturated heterocycles. The van der Waals surface area contributed by atoms with Crippen LogP contribution in [0.15, 0.2) is 43.0 Å². The average molecular weight is 241 g/mol. The number of aliphatic hydroxyl groups is 1. The third kappa shape index (κ3) is 2.77. The Balaban J connectivity index is 2.25. The van der Waals surface area contributed by atoms with Crippen molar-refractivity contribution >= 4 is 10.9 Å². The number of hydrogen-bond acceptors (Lipinski definition) is 2. The number of pyridine rings is 1. The molecule has 0 aliphatic rings. The van der Waals surface area contributed by atoms with E-state index >= 15 is 0 Å². The van der Waals surface area contributed by atoms with Gasteiger partial charge in [-0.15, -0.1) is 6.58 Å². The first-order chi connectivity index (χ1) is 8.72. The summed E-state index contributed by atoms with van der Waals surface area (Å²) < 4.78 is 0. The second-order valence-corrected chi connectivity index (χ2v) is 4.62. The number of aromatic nitrogens is 1. The highest BCUT2D eigenvalue weighted by Crippen LogP contribution is 2.23. The minimum Gasteiger partial charge on any atom is -0.387 e. The van der Waals surface area contributed by atoms with E-state index < -0.39 is 6.10 Å². The van der Waals surface area contributed by atoms with Gasteiger partial charge in [0.1, 0.15) is 0 Å². The summed E-state index contributed by atoms with van der Waals surface area (Å²) in [7, 11) is 0. The topological polar surface area (TPSA) is 33.1 Å². The maximum absolute atomic E-state index is 10.1. The molecule has 0 amide bonds. The molecule has 1 unspecified atom stereocenters. The van der Waals surface area contributed by atoms with E-state index in [0.29, 0.717) is 0 Å². The molecule has 0 radical (unpaired) electrons. The van der Waals surface area contributed by atoms with E-state index in [1.165, 1.54) is 5.56 Å². The minimum absolute atomic E-state index is 0.478. The Morgan fingerprint density at radius 3 is 2.94 bits per heavy atom. The first-order valence-electron chi connectivity index (χ1n) is 6.37. The van der Waals surface area contributed by atoms with Crippen molar-refractivity contribution in [1.29, 1.82) is 0 Å². The second kappa shape index (κ2) is 5.78. The molecule has 2 aromatic rings. The molecular formula is C16H19NO. The predicted molar refractivity (Wildman–Crippen MR) is 75.5 cm³/mol. The lowest BCUT2D eigenvalue weighted by Crippen LogP contribution is -2.01. The van der Waals surface area contributed by atoms with Gasteiger partial charge in [0.2, 0.25) is 0 Å². The summed E-state index contributed by atoms with van der Waals surface area (Å²) in [6.07, 6.45) is 4.01. The normalized spacial score (nSPS) is 12.6. The molecule has 0 spiro atoms. The SMILES string of the molecule is C=CCCCC(O)c1cc(C)c2ccccc2n1. The van der Waals surface area contributed by atoms with Crippen LogP contribution >= 0.6 is 0 Å². The number of fused-ring (bicyclic) bond motifs is 1. The Kier molecular flexibility index (Phi) is 4.11. The van der Waals surface area contributed by atoms with Gasteiger partial charge in [0.25, 0.3) is 0 Å². The summed E-state index contributed by atoms with van der Waals surface area (Å²) in [5.74, 6) is 0. The van der Waals surface area contributed by atoms with Gasteiger partial charge in [-0.3, -0.25) is 4.98 Å². The van der Waals surface area contributed by atoms with Gasteiger partial charge in [0.15, 0.2) is 0 Å². The predicted octanol–water partition coefficient (Wildman–Crippen LogP) is 3.93. The van der Waals surface area contributed by atoms with E-state index in [4.69, 9.17) is 0 Å². The molecule has 0 bridgehead atoms. The van der Waals surface area contributed by atoms with Crippen LogP contribution in [0, 0.1) is 6.92 Å². The third-order valence-electron chi connectivity index (χ3n) is 3.17. The molecule has 1 aromatic heterocycles. The fourth-order valence-electron chi connectivity index (χ4n) is 2.15. The lowest BCUT2D eigenvalue weighted by molar-refractivity contribution is 0.160. The fraction of sp³-hybridized carbons (Fsp3) is 0.312. The Labute approximate surface area is 108 Å². The summed E-state index contributed by atoms with van der Waals surface area (Å²) in [4.78, 5) is 4.54. The molecule has 94 valence electrons. The fourth-order valence-corrected chi connectivity index (χ4v) is 2.15. The summed E-state index contributed by atoms with van der Waals surface area (Å²) in [5, 5.41) is 11.3. The van der Waals surface area contributed by atoms with Crippen LogP contribution in [-0.2, 0) is 0 Å². The van der Waals surface area contributed by atoms with Crippen molar-refractivity contribution in [2.75, 3.05) is 0 Å². The van der Waals surface area contributed by atoms with Crippen LogP contribution in [0.5, 0.6) is 0 Å². The Bertz CT molecular complexity index is 548. The monoisotopic (exact) mass is 241 g/mol. The van der Waals surface area contributed by atoms with Crippen molar-refractivity contribution in [3.63, 3.8) is 0 Å². The highest BCUT2D eigenvalue weighted by atomic mass is 16.3. The molecule has 1 aromatic carbocycles. The molecule has 0 aliphatic heterocycles. The first kappa shape index (κ1) is 12.8. The molecule has 18 heavy (non-hydrogen) atoms. The van der Waals surface area contributed by atoms with Crippen molar-refractivity contribution in [3.8, 4) is 0 Å². The van der Waals surface area contributed by atoms with E-state index in [1.807, 2.05) is 30.3 Å². The third-order valence-corrected chi connectivity index (χ3v) is 3.17. The van der Waals surface area contributed by atoms with Crippen LogP contribution in [0.2, 0.25) is 0 Å². The van der Waals surface area contributed by atoms with E-state index in [0.717, 1.165) is 35.9 Å². The largest absolute Gasteiger partial charge is 0.387 e. The zero-order valence-corrected chi connectivity index (χ0v) is 10.8. The lowest BCUT2D eigenvalue weighted by Gasteiger charge is -2.12. The van der Waals surface area contributed by atoms with Crippen LogP contribution in [0.25, 0.3) is 10.9 Å². The van der Waals surface area contributed by atoms with Crippen molar-refractivity contribution in [3.05, 3.63) is 54.2 Å². The molecule has 1 N–H and O–H groups in total. The van der Waals surface area contributed by atoms with Gasteiger partial charge >= 0.3 is 0 Å². The van der Waals surface area contributed by atoms with Gasteiger partial charge in [-0.05, 0) is 43.9 Å². The quantitative estimate of drug-likeness (QED) is 0.635. The van der Waals surface area contributed by atoms with Gasteiger partial charge in [0.05, 0.1) is 17.3 Å². The Morgan fingerprint density at radius 1 is 1.39 bits per heavy atom. The minimum atomic E-state index is -0.478. The zero-order valence-electron chi connectivity index (χ0n) is 10.8. The maximum Gasteiger partial charge on any atom is 0.0960 e. The number of rotatable bonds is 5. The molecular weight excluding hydrogens is 222 g/mol. The van der Waals surface area contributed by atoms with Gasteiger partial charge in [-0.1, -0.05) is 24.3 Å². The van der Waals surface area contributed by atoms with Gasteiger partial charge in [0, 0.05) is 5.39 Å². The van der Waals surface area contributed by atoms with Gasteiger partial charge < -0.3 is 5.11 Å². The van der Waals surface area contributed by atoms with Crippen molar-refractivity contribution in [1.82, 2.24) is 4.98 Å². The molecule has 1 atom stereocenters. The molecule has 1 heterocycles. The molecule has 2 heteroatoms. The molecule has 0 aliphatic carbocycles. The van der Waals surface area contributed by atoms with Crippen LogP contribution in [-0.4, -0.2) is 10.1 Å². The highest BCUT2D eigenvalue weighted by Gasteiger charge is 2.10. The summed E-state index contributed by atoms with van der Waals surface area (Å²) in [5.41, 5.74) is 2.89. The van der Waals surface area contributed by atoms with Crippen LogP contribution in [0.4, 0.5) is 0 Å². The lowest BCUT2D eigenvalue weighted by atomic mass is 10.0. The second-order valence-electron chi connectivity index (χ2n) is 4.62. The first-order valence-corrected chi connectivity index (χ1v) is 6.37. The molecule has 0 saturated carbocycles. The van der Waals surface area contributed by atoms with Crippen LogP contribution in [0.3, 0.4) is 0 Å². The summed E-state index contributed by atoms with van der Waals surface area (Å²) in [6, 6.07) is 10.0. The number of hydrogen-bond donors (Lipinski definition) is 1. The number of nitrogens with zero attached hydrogens (tertiary/aromatic N) is 1. The van der Waals surface area contributed by atoms with Gasteiger partial charge in [-0.2, -0.15) is 0 Å².